The van der Waals surface area contributed by atoms with Crippen LogP contribution in [0.4, 0.5) is 0 Å². The number of benzene rings is 1. The highest BCUT2D eigenvalue weighted by molar-refractivity contribution is 6.33. The van der Waals surface area contributed by atoms with Gasteiger partial charge in [-0.25, -0.2) is 0 Å². The van der Waals surface area contributed by atoms with E-state index < -0.39 is 0 Å². The van der Waals surface area contributed by atoms with Crippen LogP contribution in [0.3, 0.4) is 0 Å². The zero-order valence-corrected chi connectivity index (χ0v) is 8.11. The molecular weight excluding hydrogens is 177 g/mol. The lowest BCUT2D eigenvalue weighted by Gasteiger charge is -2.04. The van der Waals surface area contributed by atoms with Crippen LogP contribution >= 0.6 is 0 Å². The van der Waals surface area contributed by atoms with Crippen LogP contribution in [0, 0.1) is 0 Å². The second kappa shape index (κ2) is 3.22. The fourth-order valence-corrected chi connectivity index (χ4v) is 1.37. The maximum Gasteiger partial charge on any atom is 0.168 e. The van der Waals surface area contributed by atoms with Crippen LogP contribution in [-0.4, -0.2) is 25.0 Å². The van der Waals surface area contributed by atoms with Crippen molar-refractivity contribution in [2.45, 2.75) is 0 Å². The third-order valence-electron chi connectivity index (χ3n) is 2.19. The summed E-state index contributed by atoms with van der Waals surface area (Å²) in [6, 6.07) is 7.27. The molecule has 0 spiro atoms. The van der Waals surface area contributed by atoms with E-state index in [1.807, 2.05) is 18.2 Å². The second-order valence-electron chi connectivity index (χ2n) is 3.15. The summed E-state index contributed by atoms with van der Waals surface area (Å²) in [5.41, 5.74) is 1.50. The summed E-state index contributed by atoms with van der Waals surface area (Å²) in [5.74, 6) is 0.980. The van der Waals surface area contributed by atoms with Gasteiger partial charge in [0.05, 0.1) is 12.6 Å². The summed E-state index contributed by atoms with van der Waals surface area (Å²) < 4.78 is 5.08. The number of hydrogen-bond acceptors (Lipinski definition) is 3. The summed E-state index contributed by atoms with van der Waals surface area (Å²) in [6.07, 6.45) is 0. The number of nitrogens with zero attached hydrogens (tertiary/aromatic N) is 1. The Morgan fingerprint density at radius 3 is 2.86 bits per heavy atom. The van der Waals surface area contributed by atoms with Crippen molar-refractivity contribution in [1.29, 1.82) is 0 Å². The Bertz CT molecular complexity index is 485. The smallest absolute Gasteiger partial charge is 0.168 e. The molecule has 1 N–H and O–H groups in total. The van der Waals surface area contributed by atoms with E-state index in [2.05, 4.69) is 4.98 Å². The zero-order valence-electron chi connectivity index (χ0n) is 8.11. The van der Waals surface area contributed by atoms with E-state index in [-0.39, 0.29) is 5.75 Å². The van der Waals surface area contributed by atoms with Gasteiger partial charge in [0.15, 0.2) is 7.85 Å². The molecule has 2 rings (SSSR count). The van der Waals surface area contributed by atoms with Gasteiger partial charge < -0.3 is 9.84 Å². The van der Waals surface area contributed by atoms with Crippen LogP contribution in [0.25, 0.3) is 10.9 Å². The lowest BCUT2D eigenvalue weighted by Crippen LogP contribution is -2.08. The SMILES string of the molecule is Bc1nc2ccc(OC)cc2cc1O. The van der Waals surface area contributed by atoms with Gasteiger partial charge in [0.1, 0.15) is 11.5 Å². The summed E-state index contributed by atoms with van der Waals surface area (Å²) in [7, 11) is 3.39. The van der Waals surface area contributed by atoms with Crippen molar-refractivity contribution in [3.8, 4) is 11.5 Å². The van der Waals surface area contributed by atoms with Crippen LogP contribution in [-0.2, 0) is 0 Å². The fraction of sp³-hybridized carbons (Fsp3) is 0.100. The van der Waals surface area contributed by atoms with Gasteiger partial charge in [-0.05, 0) is 24.3 Å². The van der Waals surface area contributed by atoms with Crippen molar-refractivity contribution in [3.63, 3.8) is 0 Å². The Hall–Kier alpha value is -1.71. The lowest BCUT2D eigenvalue weighted by atomic mass is 10.0. The van der Waals surface area contributed by atoms with Gasteiger partial charge in [-0.15, -0.1) is 0 Å². The number of pyridine rings is 1. The van der Waals surface area contributed by atoms with Gasteiger partial charge in [0.25, 0.3) is 0 Å². The second-order valence-corrected chi connectivity index (χ2v) is 3.15. The minimum atomic E-state index is 0.214. The Morgan fingerprint density at radius 2 is 2.14 bits per heavy atom. The molecule has 0 unspecified atom stereocenters. The van der Waals surface area contributed by atoms with E-state index in [1.165, 1.54) is 0 Å². The number of fused-ring (bicyclic) bond motifs is 1. The van der Waals surface area contributed by atoms with Crippen LogP contribution in [0.2, 0.25) is 0 Å². The average Bonchev–Trinajstić information content (AvgIpc) is 2.19. The predicted octanol–water partition coefficient (Wildman–Crippen LogP) is 0.207. The highest BCUT2D eigenvalue weighted by Crippen LogP contribution is 2.20. The first kappa shape index (κ1) is 8.87. The van der Waals surface area contributed by atoms with Gasteiger partial charge in [0.2, 0.25) is 0 Å². The summed E-state index contributed by atoms with van der Waals surface area (Å²) in [5, 5.41) is 10.4. The maximum absolute atomic E-state index is 9.48. The van der Waals surface area contributed by atoms with Crippen LogP contribution in [0.5, 0.6) is 11.5 Å². The van der Waals surface area contributed by atoms with E-state index in [0.717, 1.165) is 16.7 Å². The first-order valence-corrected chi connectivity index (χ1v) is 4.35. The van der Waals surface area contributed by atoms with Crippen molar-refractivity contribution in [2.24, 2.45) is 0 Å². The third kappa shape index (κ3) is 1.39. The van der Waals surface area contributed by atoms with Gasteiger partial charge in [0, 0.05) is 11.0 Å². The molecule has 4 heteroatoms. The van der Waals surface area contributed by atoms with Gasteiger partial charge >= 0.3 is 0 Å². The minimum Gasteiger partial charge on any atom is -0.507 e. The molecule has 1 heterocycles. The molecule has 0 aliphatic carbocycles. The van der Waals surface area contributed by atoms with Gasteiger partial charge in [-0.2, -0.15) is 0 Å². The normalized spacial score (nSPS) is 10.4. The molecule has 70 valence electrons. The molecule has 0 amide bonds. The first-order valence-electron chi connectivity index (χ1n) is 4.35. The third-order valence-corrected chi connectivity index (χ3v) is 2.19. The van der Waals surface area contributed by atoms with E-state index in [0.29, 0.717) is 5.59 Å². The minimum absolute atomic E-state index is 0.214. The van der Waals surface area contributed by atoms with Crippen LogP contribution in [0.15, 0.2) is 24.3 Å². The summed E-state index contributed by atoms with van der Waals surface area (Å²) in [4.78, 5) is 4.25. The topological polar surface area (TPSA) is 42.4 Å². The van der Waals surface area contributed by atoms with Crippen molar-refractivity contribution in [1.82, 2.24) is 4.98 Å². The van der Waals surface area contributed by atoms with E-state index >= 15 is 0 Å². The standard InChI is InChI=1S/C10H10BNO2/c1-14-7-2-3-8-6(4-7)5-9(13)10(11)12-8/h2-5,13H,11H2,1H3. The number of rotatable bonds is 1. The molecule has 0 fully saturated rings. The number of methoxy groups -OCH3 is 1. The zero-order chi connectivity index (χ0) is 10.1. The Labute approximate surface area is 82.8 Å². The number of hydrogen-bond donors (Lipinski definition) is 1. The van der Waals surface area contributed by atoms with Crippen LogP contribution in [0.1, 0.15) is 0 Å². The molecule has 0 bridgehead atoms. The van der Waals surface area contributed by atoms with E-state index in [4.69, 9.17) is 4.74 Å². The highest BCUT2D eigenvalue weighted by atomic mass is 16.5. The largest absolute Gasteiger partial charge is 0.507 e. The fourth-order valence-electron chi connectivity index (χ4n) is 1.37. The molecule has 0 radical (unpaired) electrons. The Morgan fingerprint density at radius 1 is 1.36 bits per heavy atom. The van der Waals surface area contributed by atoms with Gasteiger partial charge in [-0.1, -0.05) is 0 Å². The molecule has 0 aliphatic rings. The Balaban J connectivity index is 2.70. The number of aromatic hydroxyl groups is 1. The number of ether oxygens (including phenoxy) is 1. The first-order chi connectivity index (χ1) is 6.70. The van der Waals surface area contributed by atoms with Crippen molar-refractivity contribution in [2.75, 3.05) is 7.11 Å². The van der Waals surface area contributed by atoms with Crippen LogP contribution < -0.4 is 10.3 Å². The molecule has 3 nitrogen and oxygen atoms in total. The van der Waals surface area contributed by atoms with Crippen molar-refractivity contribution < 1.29 is 9.84 Å². The Kier molecular flexibility index (Phi) is 2.04. The van der Waals surface area contributed by atoms with Crippen molar-refractivity contribution in [3.05, 3.63) is 24.3 Å². The average molecular weight is 187 g/mol. The molecule has 0 aliphatic heterocycles. The highest BCUT2D eigenvalue weighted by Gasteiger charge is 2.02. The summed E-state index contributed by atoms with van der Waals surface area (Å²) in [6.45, 7) is 0. The maximum atomic E-state index is 9.48. The predicted molar refractivity (Wildman–Crippen MR) is 58.1 cm³/mol. The van der Waals surface area contributed by atoms with E-state index in [9.17, 15) is 5.11 Å². The van der Waals surface area contributed by atoms with Crippen molar-refractivity contribution >= 4 is 24.3 Å². The van der Waals surface area contributed by atoms with Gasteiger partial charge in [-0.3, -0.25) is 4.98 Å². The molecule has 1 aromatic heterocycles. The molecule has 0 saturated heterocycles. The quantitative estimate of drug-likeness (QED) is 0.648. The van der Waals surface area contributed by atoms with E-state index in [1.54, 1.807) is 21.0 Å². The summed E-state index contributed by atoms with van der Waals surface area (Å²) >= 11 is 0. The number of aromatic nitrogens is 1. The molecule has 2 aromatic rings. The molecule has 14 heavy (non-hydrogen) atoms. The molecule has 0 atom stereocenters. The monoisotopic (exact) mass is 187 g/mol. The molecule has 0 saturated carbocycles. The molecular formula is C10H10BNO2. The molecule has 1 aromatic carbocycles. The lowest BCUT2D eigenvalue weighted by molar-refractivity contribution is 0.415.